The molecule has 1 aromatic rings. The van der Waals surface area contributed by atoms with Crippen LogP contribution >= 0.6 is 0 Å². The third-order valence-corrected chi connectivity index (χ3v) is 5.72. The standard InChI is InChI=1S/C23H27F3N2O3/c1-13-7-9-14(10-8-13)28-15-11-21(5,6)12-16(29)17(15)22(19(28)31,23(24,25)26)27-18(30)20(2,3)4/h7-10H,11-12H2,1-6H3,(H,27,30)/t22-/m0/s1. The number of carbonyl (C=O) groups is 3. The Morgan fingerprint density at radius 2 is 1.58 bits per heavy atom. The number of benzene rings is 1. The van der Waals surface area contributed by atoms with Crippen LogP contribution in [0.3, 0.4) is 0 Å². The third kappa shape index (κ3) is 3.66. The van der Waals surface area contributed by atoms with Gasteiger partial charge >= 0.3 is 6.18 Å². The van der Waals surface area contributed by atoms with E-state index in [1.165, 1.54) is 20.8 Å². The highest BCUT2D eigenvalue weighted by Gasteiger charge is 2.72. The Labute approximate surface area is 179 Å². The monoisotopic (exact) mass is 436 g/mol. The first kappa shape index (κ1) is 23.0. The fourth-order valence-electron chi connectivity index (χ4n) is 4.08. The normalized spacial score (nSPS) is 23.8. The van der Waals surface area contributed by atoms with Crippen molar-refractivity contribution in [3.63, 3.8) is 0 Å². The van der Waals surface area contributed by atoms with Gasteiger partial charge in [0.2, 0.25) is 11.4 Å². The second-order valence-electron chi connectivity index (χ2n) is 10.2. The lowest BCUT2D eigenvalue weighted by Crippen LogP contribution is -2.67. The molecule has 0 aromatic heterocycles. The van der Waals surface area contributed by atoms with Gasteiger partial charge in [-0.25, -0.2) is 0 Å². The highest BCUT2D eigenvalue weighted by Crippen LogP contribution is 2.53. The highest BCUT2D eigenvalue weighted by atomic mass is 19.4. The number of carbonyl (C=O) groups excluding carboxylic acids is 3. The Morgan fingerprint density at radius 3 is 2.06 bits per heavy atom. The molecule has 1 N–H and O–H groups in total. The molecule has 1 aliphatic carbocycles. The summed E-state index contributed by atoms with van der Waals surface area (Å²) < 4.78 is 44.0. The van der Waals surface area contributed by atoms with Crippen LogP contribution < -0.4 is 10.2 Å². The van der Waals surface area contributed by atoms with Gasteiger partial charge in [-0.2, -0.15) is 13.2 Å². The van der Waals surface area contributed by atoms with Crippen LogP contribution in [0.1, 0.15) is 53.0 Å². The average Bonchev–Trinajstić information content (AvgIpc) is 2.83. The molecule has 3 rings (SSSR count). The van der Waals surface area contributed by atoms with E-state index in [0.29, 0.717) is 0 Å². The van der Waals surface area contributed by atoms with Gasteiger partial charge in [-0.05, 0) is 30.9 Å². The quantitative estimate of drug-likeness (QED) is 0.745. The van der Waals surface area contributed by atoms with Crippen LogP contribution in [0, 0.1) is 17.8 Å². The zero-order chi connectivity index (χ0) is 23.6. The zero-order valence-electron chi connectivity index (χ0n) is 18.5. The first-order chi connectivity index (χ1) is 14.0. The number of halogens is 3. The highest BCUT2D eigenvalue weighted by molar-refractivity contribution is 6.20. The van der Waals surface area contributed by atoms with Gasteiger partial charge in [0.05, 0.1) is 5.57 Å². The Balaban J connectivity index is 2.31. The van der Waals surface area contributed by atoms with Gasteiger partial charge in [0, 0.05) is 23.2 Å². The third-order valence-electron chi connectivity index (χ3n) is 5.72. The summed E-state index contributed by atoms with van der Waals surface area (Å²) in [6.45, 7) is 9.71. The predicted octanol–water partition coefficient (Wildman–Crippen LogP) is 4.45. The predicted molar refractivity (Wildman–Crippen MR) is 110 cm³/mol. The number of amides is 2. The zero-order valence-corrected chi connectivity index (χ0v) is 18.5. The number of ketones is 1. The fourth-order valence-corrected chi connectivity index (χ4v) is 4.08. The van der Waals surface area contributed by atoms with E-state index < -0.39 is 45.7 Å². The topological polar surface area (TPSA) is 66.5 Å². The number of hydrogen-bond donors (Lipinski definition) is 1. The molecule has 0 spiro atoms. The van der Waals surface area contributed by atoms with E-state index in [1.807, 2.05) is 12.2 Å². The molecule has 1 atom stereocenters. The summed E-state index contributed by atoms with van der Waals surface area (Å²) in [6, 6.07) is 6.45. The van der Waals surface area contributed by atoms with Gasteiger partial charge in [-0.3, -0.25) is 19.3 Å². The van der Waals surface area contributed by atoms with Gasteiger partial charge in [-0.15, -0.1) is 0 Å². The van der Waals surface area contributed by atoms with Crippen molar-refractivity contribution < 1.29 is 27.6 Å². The minimum absolute atomic E-state index is 0.00152. The van der Waals surface area contributed by atoms with Crippen molar-refractivity contribution in [1.29, 1.82) is 0 Å². The van der Waals surface area contributed by atoms with Crippen molar-refractivity contribution in [2.24, 2.45) is 10.8 Å². The molecule has 5 nitrogen and oxygen atoms in total. The van der Waals surface area contributed by atoms with Crippen LogP contribution in [-0.2, 0) is 14.4 Å². The Bertz CT molecular complexity index is 985. The van der Waals surface area contributed by atoms with E-state index in [-0.39, 0.29) is 24.2 Å². The lowest BCUT2D eigenvalue weighted by molar-refractivity contribution is -0.191. The van der Waals surface area contributed by atoms with Gasteiger partial charge in [0.15, 0.2) is 5.78 Å². The molecule has 0 bridgehead atoms. The minimum atomic E-state index is -5.21. The van der Waals surface area contributed by atoms with Crippen LogP contribution in [-0.4, -0.2) is 29.3 Å². The molecule has 0 radical (unpaired) electrons. The summed E-state index contributed by atoms with van der Waals surface area (Å²) in [7, 11) is 0. The molecular weight excluding hydrogens is 409 g/mol. The van der Waals surface area contributed by atoms with Gasteiger partial charge < -0.3 is 5.32 Å². The lowest BCUT2D eigenvalue weighted by Gasteiger charge is -2.37. The second kappa shape index (κ2) is 6.93. The number of hydrogen-bond acceptors (Lipinski definition) is 3. The van der Waals surface area contributed by atoms with Gasteiger partial charge in [0.1, 0.15) is 0 Å². The summed E-state index contributed by atoms with van der Waals surface area (Å²) in [5.41, 5.74) is -4.81. The van der Waals surface area contributed by atoms with E-state index in [1.54, 1.807) is 38.1 Å². The molecule has 0 saturated heterocycles. The van der Waals surface area contributed by atoms with Crippen LogP contribution in [0.5, 0.6) is 0 Å². The molecule has 2 aliphatic rings. The summed E-state index contributed by atoms with van der Waals surface area (Å²) >= 11 is 0. The molecule has 8 heteroatoms. The number of allylic oxidation sites excluding steroid dienone is 1. The van der Waals surface area contributed by atoms with E-state index >= 15 is 0 Å². The van der Waals surface area contributed by atoms with E-state index in [0.717, 1.165) is 10.5 Å². The van der Waals surface area contributed by atoms with E-state index in [2.05, 4.69) is 0 Å². The van der Waals surface area contributed by atoms with Gasteiger partial charge in [0.25, 0.3) is 5.91 Å². The Kier molecular flexibility index (Phi) is 5.15. The number of rotatable bonds is 2. The molecule has 1 aliphatic heterocycles. The maximum Gasteiger partial charge on any atom is 0.425 e. The van der Waals surface area contributed by atoms with Crippen LogP contribution in [0.25, 0.3) is 0 Å². The number of anilines is 1. The molecule has 0 unspecified atom stereocenters. The maximum atomic E-state index is 14.7. The second-order valence-corrected chi connectivity index (χ2v) is 10.2. The lowest BCUT2D eigenvalue weighted by atomic mass is 9.72. The van der Waals surface area contributed by atoms with Crippen LogP contribution in [0.15, 0.2) is 35.5 Å². The van der Waals surface area contributed by atoms with Crippen molar-refractivity contribution in [3.05, 3.63) is 41.1 Å². The number of alkyl halides is 3. The van der Waals surface area contributed by atoms with Crippen molar-refractivity contribution >= 4 is 23.3 Å². The molecule has 168 valence electrons. The Hall–Kier alpha value is -2.64. The van der Waals surface area contributed by atoms with Crippen LogP contribution in [0.4, 0.5) is 18.9 Å². The van der Waals surface area contributed by atoms with E-state index in [4.69, 9.17) is 0 Å². The minimum Gasteiger partial charge on any atom is -0.330 e. The summed E-state index contributed by atoms with van der Waals surface area (Å²) in [5.74, 6) is -3.12. The number of Topliss-reactive ketones (excluding diaryl/α,β-unsaturated/α-hetero) is 1. The number of nitrogens with zero attached hydrogens (tertiary/aromatic N) is 1. The van der Waals surface area contributed by atoms with Crippen molar-refractivity contribution in [2.45, 2.75) is 66.1 Å². The summed E-state index contributed by atoms with van der Waals surface area (Å²) in [6.07, 6.45) is -5.26. The summed E-state index contributed by atoms with van der Waals surface area (Å²) in [5, 5.41) is 1.96. The van der Waals surface area contributed by atoms with Crippen molar-refractivity contribution in [1.82, 2.24) is 5.32 Å². The largest absolute Gasteiger partial charge is 0.425 e. The number of aryl methyl sites for hydroxylation is 1. The Morgan fingerprint density at radius 1 is 1.03 bits per heavy atom. The smallest absolute Gasteiger partial charge is 0.330 e. The average molecular weight is 436 g/mol. The molecule has 0 fully saturated rings. The molecule has 2 amide bonds. The first-order valence-electron chi connectivity index (χ1n) is 10.1. The molecule has 1 aromatic carbocycles. The van der Waals surface area contributed by atoms with Gasteiger partial charge in [-0.1, -0.05) is 52.3 Å². The molecular formula is C23H27F3N2O3. The molecule has 1 heterocycles. The maximum absolute atomic E-state index is 14.7. The molecule has 0 saturated carbocycles. The summed E-state index contributed by atoms with van der Waals surface area (Å²) in [4.78, 5) is 40.3. The number of nitrogens with one attached hydrogen (secondary N) is 1. The van der Waals surface area contributed by atoms with Crippen molar-refractivity contribution in [2.75, 3.05) is 4.90 Å². The van der Waals surface area contributed by atoms with E-state index in [9.17, 15) is 27.6 Å². The molecule has 31 heavy (non-hydrogen) atoms. The first-order valence-corrected chi connectivity index (χ1v) is 10.1. The SMILES string of the molecule is Cc1ccc(N2C(=O)[C@](NC(=O)C(C)(C)C)(C(F)(F)F)C3=C2CC(C)(C)CC3=O)cc1. The van der Waals surface area contributed by atoms with Crippen LogP contribution in [0.2, 0.25) is 0 Å². The fraction of sp³-hybridized carbons (Fsp3) is 0.522. The van der Waals surface area contributed by atoms with Crippen molar-refractivity contribution in [3.8, 4) is 0 Å².